The van der Waals surface area contributed by atoms with Crippen LogP contribution in [0.15, 0.2) is 22.6 Å². The molecule has 0 aliphatic carbocycles. The van der Waals surface area contributed by atoms with E-state index in [1.165, 1.54) is 0 Å². The van der Waals surface area contributed by atoms with Crippen LogP contribution >= 0.6 is 0 Å². The third-order valence-electron chi connectivity index (χ3n) is 3.18. The highest BCUT2D eigenvalue weighted by Crippen LogP contribution is 2.28. The van der Waals surface area contributed by atoms with Crippen LogP contribution in [-0.2, 0) is 0 Å². The molecular weight excluding hydrogens is 240 g/mol. The van der Waals surface area contributed by atoms with Crippen LogP contribution in [0.3, 0.4) is 0 Å². The molecule has 3 heteroatoms. The van der Waals surface area contributed by atoms with E-state index in [0.29, 0.717) is 22.6 Å². The first-order chi connectivity index (χ1) is 8.93. The number of methoxy groups -OCH3 is 1. The van der Waals surface area contributed by atoms with Crippen LogP contribution in [0.5, 0.6) is 5.75 Å². The molecule has 0 aliphatic rings. The number of carbonyl (C=O) groups is 1. The molecule has 1 heterocycles. The molecule has 1 aromatic carbocycles. The number of ether oxygens (including phenoxy) is 1. The lowest BCUT2D eigenvalue weighted by Crippen LogP contribution is -2.07. The molecule has 0 unspecified atom stereocenters. The molecule has 0 bridgehead atoms. The van der Waals surface area contributed by atoms with Crippen LogP contribution in [-0.4, -0.2) is 12.9 Å². The lowest BCUT2D eigenvalue weighted by Gasteiger charge is -2.11. The standard InChI is InChI=1S/C16H18O3/c1-9-6-10(2)15(14(7-9)18-5)16(17)13-8-11(3)19-12(13)4/h6-8H,1-5H3. The van der Waals surface area contributed by atoms with Gasteiger partial charge in [0.15, 0.2) is 0 Å². The average molecular weight is 258 g/mol. The van der Waals surface area contributed by atoms with E-state index in [-0.39, 0.29) is 5.78 Å². The third kappa shape index (κ3) is 2.41. The monoisotopic (exact) mass is 258 g/mol. The highest BCUT2D eigenvalue weighted by Gasteiger charge is 2.21. The third-order valence-corrected chi connectivity index (χ3v) is 3.18. The van der Waals surface area contributed by atoms with Gasteiger partial charge in [0.05, 0.1) is 18.2 Å². The number of aryl methyl sites for hydroxylation is 4. The number of carbonyl (C=O) groups excluding carboxylic acids is 1. The fraction of sp³-hybridized carbons (Fsp3) is 0.312. The van der Waals surface area contributed by atoms with Crippen molar-refractivity contribution in [1.82, 2.24) is 0 Å². The van der Waals surface area contributed by atoms with Crippen molar-refractivity contribution < 1.29 is 13.9 Å². The first-order valence-electron chi connectivity index (χ1n) is 6.21. The van der Waals surface area contributed by atoms with Crippen LogP contribution < -0.4 is 4.74 Å². The Hall–Kier alpha value is -2.03. The maximum atomic E-state index is 12.7. The minimum Gasteiger partial charge on any atom is -0.496 e. The lowest BCUT2D eigenvalue weighted by atomic mass is 9.96. The van der Waals surface area contributed by atoms with E-state index < -0.39 is 0 Å². The van der Waals surface area contributed by atoms with Gasteiger partial charge in [0.1, 0.15) is 17.3 Å². The summed E-state index contributed by atoms with van der Waals surface area (Å²) in [7, 11) is 1.58. The first-order valence-corrected chi connectivity index (χ1v) is 6.21. The summed E-state index contributed by atoms with van der Waals surface area (Å²) in [5.74, 6) is 1.94. The van der Waals surface area contributed by atoms with E-state index in [1.54, 1.807) is 20.1 Å². The molecule has 0 amide bonds. The summed E-state index contributed by atoms with van der Waals surface area (Å²) in [5, 5.41) is 0. The summed E-state index contributed by atoms with van der Waals surface area (Å²) in [4.78, 5) is 12.7. The Bertz CT molecular complexity index is 636. The van der Waals surface area contributed by atoms with Gasteiger partial charge in [-0.05, 0) is 51.0 Å². The Morgan fingerprint density at radius 1 is 1.11 bits per heavy atom. The Kier molecular flexibility index (Phi) is 3.47. The van der Waals surface area contributed by atoms with Gasteiger partial charge in [-0.15, -0.1) is 0 Å². The van der Waals surface area contributed by atoms with Crippen molar-refractivity contribution >= 4 is 5.78 Å². The first kappa shape index (κ1) is 13.4. The van der Waals surface area contributed by atoms with E-state index >= 15 is 0 Å². The van der Waals surface area contributed by atoms with Gasteiger partial charge < -0.3 is 9.15 Å². The number of benzene rings is 1. The highest BCUT2D eigenvalue weighted by molar-refractivity contribution is 6.12. The zero-order valence-electron chi connectivity index (χ0n) is 12.0. The molecule has 1 aromatic heterocycles. The largest absolute Gasteiger partial charge is 0.496 e. The minimum absolute atomic E-state index is 0.0521. The summed E-state index contributed by atoms with van der Waals surface area (Å²) < 4.78 is 10.8. The second-order valence-electron chi connectivity index (χ2n) is 4.82. The van der Waals surface area contributed by atoms with Gasteiger partial charge >= 0.3 is 0 Å². The fourth-order valence-electron chi connectivity index (χ4n) is 2.37. The number of furan rings is 1. The summed E-state index contributed by atoms with van der Waals surface area (Å²) in [6.45, 7) is 7.54. The summed E-state index contributed by atoms with van der Waals surface area (Å²) in [6, 6.07) is 5.64. The van der Waals surface area contributed by atoms with Gasteiger partial charge in [-0.1, -0.05) is 6.07 Å². The molecule has 0 N–H and O–H groups in total. The van der Waals surface area contributed by atoms with Crippen molar-refractivity contribution in [2.75, 3.05) is 7.11 Å². The molecule has 19 heavy (non-hydrogen) atoms. The molecule has 2 aromatic rings. The Morgan fingerprint density at radius 3 is 2.32 bits per heavy atom. The van der Waals surface area contributed by atoms with Gasteiger partial charge in [0.25, 0.3) is 0 Å². The van der Waals surface area contributed by atoms with E-state index in [4.69, 9.17) is 9.15 Å². The van der Waals surface area contributed by atoms with E-state index in [1.807, 2.05) is 32.9 Å². The van der Waals surface area contributed by atoms with Crippen molar-refractivity contribution in [2.45, 2.75) is 27.7 Å². The fourth-order valence-corrected chi connectivity index (χ4v) is 2.37. The number of hydrogen-bond acceptors (Lipinski definition) is 3. The predicted molar refractivity (Wildman–Crippen MR) is 74.1 cm³/mol. The average Bonchev–Trinajstić information content (AvgIpc) is 2.66. The lowest BCUT2D eigenvalue weighted by molar-refractivity contribution is 0.103. The SMILES string of the molecule is COc1cc(C)cc(C)c1C(=O)c1cc(C)oc1C. The van der Waals surface area contributed by atoms with E-state index in [0.717, 1.165) is 16.9 Å². The topological polar surface area (TPSA) is 39.4 Å². The Balaban J connectivity index is 2.59. The van der Waals surface area contributed by atoms with Crippen molar-refractivity contribution in [3.05, 3.63) is 52.0 Å². The highest BCUT2D eigenvalue weighted by atomic mass is 16.5. The quantitative estimate of drug-likeness (QED) is 0.787. The summed E-state index contributed by atoms with van der Waals surface area (Å²) >= 11 is 0. The van der Waals surface area contributed by atoms with Gasteiger partial charge in [0.2, 0.25) is 5.78 Å². The van der Waals surface area contributed by atoms with Crippen LogP contribution in [0, 0.1) is 27.7 Å². The molecule has 0 aliphatic heterocycles. The van der Waals surface area contributed by atoms with E-state index in [9.17, 15) is 4.79 Å². The zero-order chi connectivity index (χ0) is 14.2. The number of ketones is 1. The van der Waals surface area contributed by atoms with Crippen LogP contribution in [0.4, 0.5) is 0 Å². The maximum Gasteiger partial charge on any atom is 0.200 e. The van der Waals surface area contributed by atoms with Crippen molar-refractivity contribution in [1.29, 1.82) is 0 Å². The second kappa shape index (κ2) is 4.92. The van der Waals surface area contributed by atoms with Crippen molar-refractivity contribution in [3.8, 4) is 5.75 Å². The second-order valence-corrected chi connectivity index (χ2v) is 4.82. The molecule has 100 valence electrons. The number of rotatable bonds is 3. The Morgan fingerprint density at radius 2 is 1.79 bits per heavy atom. The van der Waals surface area contributed by atoms with Crippen LogP contribution in [0.1, 0.15) is 38.6 Å². The summed E-state index contributed by atoms with van der Waals surface area (Å²) in [6.07, 6.45) is 0. The van der Waals surface area contributed by atoms with Gasteiger partial charge in [-0.2, -0.15) is 0 Å². The van der Waals surface area contributed by atoms with E-state index in [2.05, 4.69) is 0 Å². The molecule has 2 rings (SSSR count). The van der Waals surface area contributed by atoms with Gasteiger partial charge in [-0.25, -0.2) is 0 Å². The molecule has 0 spiro atoms. The van der Waals surface area contributed by atoms with Gasteiger partial charge in [-0.3, -0.25) is 4.79 Å². The van der Waals surface area contributed by atoms with Gasteiger partial charge in [0, 0.05) is 0 Å². The van der Waals surface area contributed by atoms with Crippen molar-refractivity contribution in [2.24, 2.45) is 0 Å². The maximum absolute atomic E-state index is 12.7. The normalized spacial score (nSPS) is 10.6. The molecule has 3 nitrogen and oxygen atoms in total. The zero-order valence-corrected chi connectivity index (χ0v) is 12.0. The Labute approximate surface area is 113 Å². The molecule has 0 saturated carbocycles. The molecule has 0 atom stereocenters. The predicted octanol–water partition coefficient (Wildman–Crippen LogP) is 3.75. The smallest absolute Gasteiger partial charge is 0.200 e. The molecule has 0 fully saturated rings. The molecule has 0 saturated heterocycles. The molecule has 0 radical (unpaired) electrons. The minimum atomic E-state index is -0.0521. The molecular formula is C16H18O3. The van der Waals surface area contributed by atoms with Crippen LogP contribution in [0.2, 0.25) is 0 Å². The number of hydrogen-bond donors (Lipinski definition) is 0. The van der Waals surface area contributed by atoms with Crippen molar-refractivity contribution in [3.63, 3.8) is 0 Å². The summed E-state index contributed by atoms with van der Waals surface area (Å²) in [5.41, 5.74) is 3.20. The van der Waals surface area contributed by atoms with Crippen LogP contribution in [0.25, 0.3) is 0 Å².